The van der Waals surface area contributed by atoms with Crippen LogP contribution in [-0.4, -0.2) is 29.5 Å². The molecular weight excluding hydrogens is 290 g/mol. The van der Waals surface area contributed by atoms with Crippen LogP contribution in [0.25, 0.3) is 0 Å². The number of benzene rings is 1. The minimum atomic E-state index is -4.80. The summed E-state index contributed by atoms with van der Waals surface area (Å²) in [5.41, 5.74) is 0.147. The number of rotatable bonds is 5. The van der Waals surface area contributed by atoms with Crippen LogP contribution < -0.4 is 10.1 Å². The molecule has 0 fully saturated rings. The number of nitrogens with one attached hydrogen (secondary N) is 1. The second kappa shape index (κ2) is 6.62. The Morgan fingerprint density at radius 3 is 2.38 bits per heavy atom. The molecule has 0 aromatic heterocycles. The second-order valence-electron chi connectivity index (χ2n) is 5.70. The van der Waals surface area contributed by atoms with Gasteiger partial charge in [0.05, 0.1) is 0 Å². The van der Waals surface area contributed by atoms with Crippen molar-refractivity contribution < 1.29 is 27.4 Å². The topological polar surface area (TPSA) is 41.5 Å². The highest BCUT2D eigenvalue weighted by Gasteiger charge is 2.39. The third-order valence-electron chi connectivity index (χ3n) is 2.62. The lowest BCUT2D eigenvalue weighted by molar-refractivity contribution is -0.210. The molecule has 0 bridgehead atoms. The highest BCUT2D eigenvalue weighted by molar-refractivity contribution is 5.35. The first kappa shape index (κ1) is 17.7. The van der Waals surface area contributed by atoms with Gasteiger partial charge < -0.3 is 15.2 Å². The number of para-hydroxylation sites is 1. The van der Waals surface area contributed by atoms with E-state index in [1.807, 2.05) is 20.8 Å². The van der Waals surface area contributed by atoms with Crippen LogP contribution in [0, 0.1) is 5.82 Å². The number of aliphatic hydroxyl groups excluding tert-OH is 1. The monoisotopic (exact) mass is 309 g/mol. The van der Waals surface area contributed by atoms with Gasteiger partial charge in [0.1, 0.15) is 6.61 Å². The molecule has 0 aliphatic heterocycles. The maximum absolute atomic E-state index is 13.7. The Kier molecular flexibility index (Phi) is 5.58. The first-order chi connectivity index (χ1) is 9.50. The number of hydrogen-bond donors (Lipinski definition) is 2. The van der Waals surface area contributed by atoms with Crippen LogP contribution in [0.5, 0.6) is 5.75 Å². The second-order valence-corrected chi connectivity index (χ2v) is 5.70. The average Bonchev–Trinajstić information content (AvgIpc) is 2.32. The zero-order chi connectivity index (χ0) is 16.3. The molecule has 120 valence electrons. The summed E-state index contributed by atoms with van der Waals surface area (Å²) in [4.78, 5) is 0. The lowest BCUT2D eigenvalue weighted by Crippen LogP contribution is -2.36. The van der Waals surface area contributed by atoms with Gasteiger partial charge in [0.25, 0.3) is 0 Å². The van der Waals surface area contributed by atoms with E-state index < -0.39 is 24.7 Å². The van der Waals surface area contributed by atoms with Crippen molar-refractivity contribution in [3.05, 3.63) is 29.6 Å². The Hall–Kier alpha value is -1.34. The molecule has 1 aromatic carbocycles. The lowest BCUT2D eigenvalue weighted by atomic mass is 10.1. The van der Waals surface area contributed by atoms with Crippen molar-refractivity contribution in [1.82, 2.24) is 5.32 Å². The average molecular weight is 309 g/mol. The molecular formula is C14H19F4NO2. The molecule has 3 nitrogen and oxygen atoms in total. The molecule has 0 heterocycles. The normalized spacial score (nSPS) is 14.1. The van der Waals surface area contributed by atoms with Crippen molar-refractivity contribution in [3.63, 3.8) is 0 Å². The van der Waals surface area contributed by atoms with E-state index in [0.717, 1.165) is 6.07 Å². The minimum absolute atomic E-state index is 0.235. The van der Waals surface area contributed by atoms with Gasteiger partial charge in [-0.05, 0) is 26.8 Å². The summed E-state index contributed by atoms with van der Waals surface area (Å²) in [6.07, 6.45) is -7.45. The maximum Gasteiger partial charge on any atom is 0.417 e. The Balaban J connectivity index is 2.81. The number of halogens is 4. The predicted octanol–water partition coefficient (Wildman–Crippen LogP) is 3.02. The van der Waals surface area contributed by atoms with E-state index in [1.54, 1.807) is 6.07 Å². The first-order valence-electron chi connectivity index (χ1n) is 6.40. The van der Waals surface area contributed by atoms with E-state index in [9.17, 15) is 17.6 Å². The van der Waals surface area contributed by atoms with Gasteiger partial charge >= 0.3 is 6.18 Å². The number of aliphatic hydroxyl groups is 1. The van der Waals surface area contributed by atoms with Gasteiger partial charge in [-0.2, -0.15) is 13.2 Å². The zero-order valence-electron chi connectivity index (χ0n) is 12.1. The van der Waals surface area contributed by atoms with Crippen LogP contribution in [0.15, 0.2) is 18.2 Å². The number of ether oxygens (including phenoxy) is 1. The van der Waals surface area contributed by atoms with E-state index >= 15 is 0 Å². The maximum atomic E-state index is 13.7. The van der Waals surface area contributed by atoms with E-state index in [4.69, 9.17) is 9.84 Å². The molecule has 0 aliphatic rings. The summed E-state index contributed by atoms with van der Waals surface area (Å²) < 4.78 is 55.2. The standard InChI is InChI=1S/C14H19F4NO2/c1-13(2,3)19-7-9-5-4-6-10(15)12(9)21-8-11(20)14(16,17)18/h4-6,11,19-20H,7-8H2,1-3H3. The van der Waals surface area contributed by atoms with Crippen molar-refractivity contribution in [2.75, 3.05) is 6.61 Å². The minimum Gasteiger partial charge on any atom is -0.487 e. The first-order valence-corrected chi connectivity index (χ1v) is 6.40. The summed E-state index contributed by atoms with van der Waals surface area (Å²) >= 11 is 0. The fourth-order valence-corrected chi connectivity index (χ4v) is 1.47. The van der Waals surface area contributed by atoms with Crippen LogP contribution in [-0.2, 0) is 6.54 Å². The molecule has 0 aliphatic carbocycles. The van der Waals surface area contributed by atoms with Crippen molar-refractivity contribution in [3.8, 4) is 5.75 Å². The number of alkyl halides is 3. The molecule has 21 heavy (non-hydrogen) atoms. The van der Waals surface area contributed by atoms with Crippen LogP contribution in [0.4, 0.5) is 17.6 Å². The Bertz CT molecular complexity index is 469. The molecule has 1 aromatic rings. The van der Waals surface area contributed by atoms with Gasteiger partial charge in [-0.1, -0.05) is 12.1 Å². The molecule has 2 N–H and O–H groups in total. The highest BCUT2D eigenvalue weighted by Crippen LogP contribution is 2.26. The predicted molar refractivity (Wildman–Crippen MR) is 70.5 cm³/mol. The molecule has 0 spiro atoms. The fourth-order valence-electron chi connectivity index (χ4n) is 1.47. The SMILES string of the molecule is CC(C)(C)NCc1cccc(F)c1OCC(O)C(F)(F)F. The van der Waals surface area contributed by atoms with Gasteiger partial charge in [-0.15, -0.1) is 0 Å². The molecule has 0 saturated carbocycles. The summed E-state index contributed by atoms with van der Waals surface area (Å²) in [5.74, 6) is -1.05. The fraction of sp³-hybridized carbons (Fsp3) is 0.571. The largest absolute Gasteiger partial charge is 0.487 e. The van der Waals surface area contributed by atoms with Gasteiger partial charge in [-0.3, -0.25) is 0 Å². The van der Waals surface area contributed by atoms with Gasteiger partial charge in [0.2, 0.25) is 0 Å². The van der Waals surface area contributed by atoms with Crippen LogP contribution in [0.1, 0.15) is 26.3 Å². The third kappa shape index (κ3) is 5.89. The summed E-state index contributed by atoms with van der Waals surface area (Å²) in [6, 6.07) is 4.09. The van der Waals surface area contributed by atoms with Crippen molar-refractivity contribution in [2.24, 2.45) is 0 Å². The van der Waals surface area contributed by atoms with Gasteiger partial charge in [0, 0.05) is 17.6 Å². The lowest BCUT2D eigenvalue weighted by Gasteiger charge is -2.22. The van der Waals surface area contributed by atoms with Crippen LogP contribution in [0.3, 0.4) is 0 Å². The Morgan fingerprint density at radius 1 is 1.24 bits per heavy atom. The Morgan fingerprint density at radius 2 is 1.86 bits per heavy atom. The molecule has 1 unspecified atom stereocenters. The van der Waals surface area contributed by atoms with Crippen LogP contribution in [0.2, 0.25) is 0 Å². The summed E-state index contributed by atoms with van der Waals surface area (Å²) in [6.45, 7) is 4.90. The van der Waals surface area contributed by atoms with Crippen molar-refractivity contribution >= 4 is 0 Å². The van der Waals surface area contributed by atoms with Crippen LogP contribution >= 0.6 is 0 Å². The molecule has 7 heteroatoms. The molecule has 0 saturated heterocycles. The smallest absolute Gasteiger partial charge is 0.417 e. The van der Waals surface area contributed by atoms with Gasteiger partial charge in [-0.25, -0.2) is 4.39 Å². The van der Waals surface area contributed by atoms with E-state index in [2.05, 4.69) is 5.32 Å². The molecule has 1 rings (SSSR count). The summed E-state index contributed by atoms with van der Waals surface area (Å²) in [5, 5.41) is 12.0. The quantitative estimate of drug-likeness (QED) is 0.822. The zero-order valence-corrected chi connectivity index (χ0v) is 12.1. The molecule has 0 radical (unpaired) electrons. The molecule has 1 atom stereocenters. The summed E-state index contributed by atoms with van der Waals surface area (Å²) in [7, 11) is 0. The molecule has 0 amide bonds. The van der Waals surface area contributed by atoms with Crippen molar-refractivity contribution in [1.29, 1.82) is 0 Å². The Labute approximate surface area is 120 Å². The van der Waals surface area contributed by atoms with E-state index in [1.165, 1.54) is 6.07 Å². The highest BCUT2D eigenvalue weighted by atomic mass is 19.4. The van der Waals surface area contributed by atoms with Gasteiger partial charge in [0.15, 0.2) is 17.7 Å². The van der Waals surface area contributed by atoms with Crippen molar-refractivity contribution in [2.45, 2.75) is 45.1 Å². The number of hydrogen-bond acceptors (Lipinski definition) is 3. The van der Waals surface area contributed by atoms with E-state index in [-0.39, 0.29) is 17.8 Å². The van der Waals surface area contributed by atoms with E-state index in [0.29, 0.717) is 5.56 Å². The third-order valence-corrected chi connectivity index (χ3v) is 2.62.